The van der Waals surface area contributed by atoms with Crippen molar-refractivity contribution in [1.29, 1.82) is 0 Å². The van der Waals surface area contributed by atoms with Gasteiger partial charge in [0.25, 0.3) is 11.1 Å². The zero-order valence-corrected chi connectivity index (χ0v) is 18.9. The molecule has 0 atom stereocenters. The minimum absolute atomic E-state index is 0.00173. The first-order valence-electron chi connectivity index (χ1n) is 10.6. The van der Waals surface area contributed by atoms with Crippen molar-refractivity contribution in [3.05, 3.63) is 60.2 Å². The summed E-state index contributed by atoms with van der Waals surface area (Å²) in [4.78, 5) is 19.7. The van der Waals surface area contributed by atoms with Crippen molar-refractivity contribution in [1.82, 2.24) is 9.88 Å². The Morgan fingerprint density at radius 2 is 1.75 bits per heavy atom. The minimum Gasteiger partial charge on any atom is -0.497 e. The van der Waals surface area contributed by atoms with E-state index in [-0.39, 0.29) is 12.0 Å². The van der Waals surface area contributed by atoms with Crippen molar-refractivity contribution in [2.45, 2.75) is 18.9 Å². The number of piperidine rings is 1. The van der Waals surface area contributed by atoms with Crippen molar-refractivity contribution in [2.75, 3.05) is 27.3 Å². The molecule has 4 aromatic rings. The highest BCUT2D eigenvalue weighted by atomic mass is 32.1. The predicted molar refractivity (Wildman–Crippen MR) is 126 cm³/mol. The molecule has 0 saturated carbocycles. The van der Waals surface area contributed by atoms with Crippen molar-refractivity contribution in [2.24, 2.45) is 0 Å². The first-order chi connectivity index (χ1) is 15.6. The van der Waals surface area contributed by atoms with Crippen LogP contribution in [0.2, 0.25) is 0 Å². The van der Waals surface area contributed by atoms with Crippen molar-refractivity contribution in [3.63, 3.8) is 0 Å². The van der Waals surface area contributed by atoms with E-state index < -0.39 is 0 Å². The third kappa shape index (κ3) is 3.96. The van der Waals surface area contributed by atoms with Crippen LogP contribution in [0.5, 0.6) is 16.7 Å². The highest BCUT2D eigenvalue weighted by molar-refractivity contribution is 7.20. The lowest BCUT2D eigenvalue weighted by Gasteiger charge is -2.32. The molecule has 3 aromatic carbocycles. The molecular formula is C25H24N2O4S. The Labute approximate surface area is 190 Å². The number of thiazole rings is 1. The average Bonchev–Trinajstić information content (AvgIpc) is 3.24. The van der Waals surface area contributed by atoms with E-state index in [1.54, 1.807) is 14.2 Å². The number of fused-ring (bicyclic) bond motifs is 2. The molecule has 1 fully saturated rings. The lowest BCUT2D eigenvalue weighted by molar-refractivity contribution is 0.0593. The van der Waals surface area contributed by atoms with Gasteiger partial charge in [-0.25, -0.2) is 4.98 Å². The van der Waals surface area contributed by atoms with E-state index in [9.17, 15) is 4.79 Å². The van der Waals surface area contributed by atoms with Gasteiger partial charge in [0.1, 0.15) is 17.6 Å². The van der Waals surface area contributed by atoms with Crippen LogP contribution in [0.1, 0.15) is 23.2 Å². The number of carbonyl (C=O) groups is 1. The molecule has 0 radical (unpaired) electrons. The predicted octanol–water partition coefficient (Wildman–Crippen LogP) is 5.15. The summed E-state index contributed by atoms with van der Waals surface area (Å²) in [7, 11) is 3.25. The number of carbonyl (C=O) groups excluding carboxylic acids is 1. The van der Waals surface area contributed by atoms with Gasteiger partial charge in [-0.2, -0.15) is 0 Å². The van der Waals surface area contributed by atoms with Crippen molar-refractivity contribution < 1.29 is 19.0 Å². The van der Waals surface area contributed by atoms with E-state index in [1.165, 1.54) is 11.3 Å². The summed E-state index contributed by atoms with van der Waals surface area (Å²) < 4.78 is 18.0. The number of aromatic nitrogens is 1. The van der Waals surface area contributed by atoms with E-state index in [4.69, 9.17) is 14.2 Å². The molecule has 0 spiro atoms. The fourth-order valence-electron chi connectivity index (χ4n) is 4.11. The number of benzene rings is 3. The molecule has 7 heteroatoms. The van der Waals surface area contributed by atoms with Gasteiger partial charge in [0.15, 0.2) is 0 Å². The van der Waals surface area contributed by atoms with E-state index in [0.29, 0.717) is 29.6 Å². The van der Waals surface area contributed by atoms with E-state index in [2.05, 4.69) is 4.98 Å². The number of amides is 1. The monoisotopic (exact) mass is 448 g/mol. The zero-order valence-electron chi connectivity index (χ0n) is 18.0. The summed E-state index contributed by atoms with van der Waals surface area (Å²) in [5.41, 5.74) is 1.48. The van der Waals surface area contributed by atoms with Crippen LogP contribution in [0.25, 0.3) is 21.0 Å². The summed E-state index contributed by atoms with van der Waals surface area (Å²) >= 11 is 1.53. The lowest BCUT2D eigenvalue weighted by atomic mass is 10.0. The van der Waals surface area contributed by atoms with Gasteiger partial charge in [-0.05, 0) is 35.0 Å². The Bertz CT molecular complexity index is 1280. The highest BCUT2D eigenvalue weighted by Gasteiger charge is 2.27. The molecule has 0 N–H and O–H groups in total. The topological polar surface area (TPSA) is 60.9 Å². The largest absolute Gasteiger partial charge is 0.497 e. The van der Waals surface area contributed by atoms with Crippen molar-refractivity contribution in [3.8, 4) is 16.7 Å². The van der Waals surface area contributed by atoms with Crippen LogP contribution in [0.15, 0.2) is 54.6 Å². The quantitative estimate of drug-likeness (QED) is 0.423. The maximum absolute atomic E-state index is 13.2. The molecule has 1 aliphatic rings. The first kappa shape index (κ1) is 20.6. The number of ether oxygens (including phenoxy) is 3. The number of hydrogen-bond donors (Lipinski definition) is 0. The molecule has 1 amide bonds. The summed E-state index contributed by atoms with van der Waals surface area (Å²) in [6, 6.07) is 17.7. The third-order valence-electron chi connectivity index (χ3n) is 5.87. The molecule has 0 unspecified atom stereocenters. The smallest absolute Gasteiger partial charge is 0.274 e. The summed E-state index contributed by atoms with van der Waals surface area (Å²) in [5.74, 6) is 1.39. The molecule has 0 bridgehead atoms. The van der Waals surface area contributed by atoms with Crippen LogP contribution in [-0.4, -0.2) is 49.2 Å². The summed E-state index contributed by atoms with van der Waals surface area (Å²) in [6.45, 7) is 1.27. The Kier molecular flexibility index (Phi) is 5.57. The van der Waals surface area contributed by atoms with Crippen LogP contribution in [0.3, 0.4) is 0 Å². The Hall–Kier alpha value is -3.32. The summed E-state index contributed by atoms with van der Waals surface area (Å²) in [5, 5.41) is 2.75. The molecule has 164 valence electrons. The van der Waals surface area contributed by atoms with Gasteiger partial charge in [-0.3, -0.25) is 4.79 Å². The number of hydrogen-bond acceptors (Lipinski definition) is 6. The molecule has 1 saturated heterocycles. The molecule has 1 aromatic heterocycles. The first-order valence-corrected chi connectivity index (χ1v) is 11.4. The van der Waals surface area contributed by atoms with Gasteiger partial charge in [0, 0.05) is 32.0 Å². The maximum atomic E-state index is 13.2. The second-order valence-corrected chi connectivity index (χ2v) is 8.82. The molecule has 6 nitrogen and oxygen atoms in total. The number of nitrogens with zero attached hydrogens (tertiary/aromatic N) is 2. The molecular weight excluding hydrogens is 424 g/mol. The number of likely N-dealkylation sites (tertiary alicyclic amines) is 1. The fraction of sp³-hybridized carbons (Fsp3) is 0.280. The van der Waals surface area contributed by atoms with Crippen LogP contribution in [-0.2, 0) is 0 Å². The second kappa shape index (κ2) is 8.67. The zero-order chi connectivity index (χ0) is 22.1. The number of rotatable bonds is 5. The van der Waals surface area contributed by atoms with Gasteiger partial charge in [0.05, 0.1) is 30.0 Å². The molecule has 2 heterocycles. The Balaban J connectivity index is 1.26. The lowest BCUT2D eigenvalue weighted by Crippen LogP contribution is -2.41. The average molecular weight is 449 g/mol. The number of methoxy groups -OCH3 is 2. The normalized spacial score (nSPS) is 14.6. The Morgan fingerprint density at radius 1 is 1.00 bits per heavy atom. The van der Waals surface area contributed by atoms with Gasteiger partial charge in [-0.1, -0.05) is 35.6 Å². The standard InChI is InChI=1S/C25H24N2O4S/c1-29-19-7-8-23-21(15-19)26-25(32-23)31-18-9-11-27(12-10-18)24(28)20-13-16-5-3-4-6-17(16)14-22(20)30-2/h3-8,13-15,18H,9-12H2,1-2H3. The minimum atomic E-state index is -0.00173. The van der Waals surface area contributed by atoms with Gasteiger partial charge in [0.2, 0.25) is 0 Å². The third-order valence-corrected chi connectivity index (χ3v) is 6.80. The van der Waals surface area contributed by atoms with Gasteiger partial charge >= 0.3 is 0 Å². The second-order valence-electron chi connectivity index (χ2n) is 7.82. The molecule has 0 aliphatic carbocycles. The van der Waals surface area contributed by atoms with Crippen LogP contribution in [0.4, 0.5) is 0 Å². The van der Waals surface area contributed by atoms with Crippen LogP contribution >= 0.6 is 11.3 Å². The summed E-state index contributed by atoms with van der Waals surface area (Å²) in [6.07, 6.45) is 1.57. The van der Waals surface area contributed by atoms with Gasteiger partial charge in [-0.15, -0.1) is 0 Å². The van der Waals surface area contributed by atoms with E-state index in [0.717, 1.165) is 39.6 Å². The van der Waals surface area contributed by atoms with Crippen LogP contribution < -0.4 is 14.2 Å². The van der Waals surface area contributed by atoms with Crippen molar-refractivity contribution >= 4 is 38.2 Å². The Morgan fingerprint density at radius 3 is 2.47 bits per heavy atom. The highest BCUT2D eigenvalue weighted by Crippen LogP contribution is 2.32. The van der Waals surface area contributed by atoms with E-state index in [1.807, 2.05) is 59.5 Å². The molecule has 5 rings (SSSR count). The van der Waals surface area contributed by atoms with Crippen LogP contribution in [0, 0.1) is 0 Å². The molecule has 32 heavy (non-hydrogen) atoms. The van der Waals surface area contributed by atoms with Gasteiger partial charge < -0.3 is 19.1 Å². The molecule has 1 aliphatic heterocycles. The fourth-order valence-corrected chi connectivity index (χ4v) is 4.97. The van der Waals surface area contributed by atoms with E-state index >= 15 is 0 Å². The maximum Gasteiger partial charge on any atom is 0.274 e. The SMILES string of the molecule is COc1ccc2sc(OC3CCN(C(=O)c4cc5ccccc5cc4OC)CC3)nc2c1.